The highest BCUT2D eigenvalue weighted by atomic mass is 35.5. The van der Waals surface area contributed by atoms with E-state index in [2.05, 4.69) is 0 Å². The third kappa shape index (κ3) is 2.80. The molecule has 0 amide bonds. The minimum atomic E-state index is -0.187. The van der Waals surface area contributed by atoms with E-state index in [0.717, 1.165) is 36.1 Å². The Bertz CT molecular complexity index is 376. The Hall–Kier alpha value is -0.600. The Balaban J connectivity index is 2.26. The number of halogens is 2. The first-order valence-electron chi connectivity index (χ1n) is 6.08. The molecular weight excluding hydrogens is 239 g/mol. The van der Waals surface area contributed by atoms with Crippen molar-refractivity contribution in [3.63, 3.8) is 0 Å². The Morgan fingerprint density at radius 1 is 1.35 bits per heavy atom. The van der Waals surface area contributed by atoms with E-state index in [1.165, 1.54) is 0 Å². The lowest BCUT2D eigenvalue weighted by molar-refractivity contribution is 0.0530. The maximum atomic E-state index is 13.2. The van der Waals surface area contributed by atoms with Crippen LogP contribution in [0.1, 0.15) is 34.9 Å². The molecular formula is C14H18ClFO. The van der Waals surface area contributed by atoms with Gasteiger partial charge in [0.05, 0.1) is 12.0 Å². The molecule has 1 nitrogen and oxygen atoms in total. The average molecular weight is 257 g/mol. The summed E-state index contributed by atoms with van der Waals surface area (Å²) in [7, 11) is 0. The predicted octanol–water partition coefficient (Wildman–Crippen LogP) is 4.15. The molecule has 0 aliphatic carbocycles. The quantitative estimate of drug-likeness (QED) is 0.723. The maximum absolute atomic E-state index is 13.2. The monoisotopic (exact) mass is 256 g/mol. The number of hydrogen-bond acceptors (Lipinski definition) is 1. The lowest BCUT2D eigenvalue weighted by Gasteiger charge is -2.28. The molecule has 0 bridgehead atoms. The Morgan fingerprint density at radius 2 is 2.00 bits per heavy atom. The fourth-order valence-corrected chi connectivity index (χ4v) is 3.13. The Labute approximate surface area is 107 Å². The number of hydrogen-bond donors (Lipinski definition) is 0. The van der Waals surface area contributed by atoms with Crippen molar-refractivity contribution in [1.82, 2.24) is 0 Å². The van der Waals surface area contributed by atoms with Gasteiger partial charge in [0, 0.05) is 12.5 Å². The fraction of sp³-hybridized carbons (Fsp3) is 0.571. The second-order valence-electron chi connectivity index (χ2n) is 4.83. The van der Waals surface area contributed by atoms with Crippen LogP contribution in [0, 0.1) is 25.6 Å². The van der Waals surface area contributed by atoms with Crippen molar-refractivity contribution in [3.05, 3.63) is 34.6 Å². The lowest BCUT2D eigenvalue weighted by atomic mass is 9.89. The normalized spacial score (nSPS) is 22.5. The Morgan fingerprint density at radius 3 is 2.53 bits per heavy atom. The van der Waals surface area contributed by atoms with Gasteiger partial charge in [0.1, 0.15) is 5.82 Å². The zero-order valence-electron chi connectivity index (χ0n) is 10.3. The highest BCUT2D eigenvalue weighted by molar-refractivity contribution is 6.21. The minimum absolute atomic E-state index is 0.0732. The van der Waals surface area contributed by atoms with Crippen molar-refractivity contribution >= 4 is 11.6 Å². The summed E-state index contributed by atoms with van der Waals surface area (Å²) in [6.45, 7) is 5.39. The van der Waals surface area contributed by atoms with Crippen molar-refractivity contribution in [2.75, 3.05) is 13.2 Å². The molecule has 94 valence electrons. The molecule has 1 aromatic rings. The summed E-state index contributed by atoms with van der Waals surface area (Å²) >= 11 is 6.55. The summed E-state index contributed by atoms with van der Waals surface area (Å²) in [5.41, 5.74) is 2.95. The molecule has 0 spiro atoms. The van der Waals surface area contributed by atoms with Crippen LogP contribution in [-0.4, -0.2) is 13.2 Å². The summed E-state index contributed by atoms with van der Waals surface area (Å²) in [6, 6.07) is 3.11. The van der Waals surface area contributed by atoms with Gasteiger partial charge >= 0.3 is 0 Å². The van der Waals surface area contributed by atoms with E-state index in [4.69, 9.17) is 16.3 Å². The van der Waals surface area contributed by atoms with Crippen LogP contribution in [-0.2, 0) is 4.74 Å². The van der Waals surface area contributed by atoms with E-state index >= 15 is 0 Å². The van der Waals surface area contributed by atoms with E-state index < -0.39 is 0 Å². The van der Waals surface area contributed by atoms with E-state index in [1.54, 1.807) is 12.1 Å². The zero-order chi connectivity index (χ0) is 12.4. The third-order valence-corrected chi connectivity index (χ3v) is 4.02. The summed E-state index contributed by atoms with van der Waals surface area (Å²) in [5.74, 6) is 0.154. The second kappa shape index (κ2) is 5.36. The van der Waals surface area contributed by atoms with Crippen LogP contribution >= 0.6 is 11.6 Å². The van der Waals surface area contributed by atoms with Gasteiger partial charge in [-0.2, -0.15) is 0 Å². The number of benzene rings is 1. The van der Waals surface area contributed by atoms with Gasteiger partial charge in [-0.05, 0) is 55.5 Å². The molecule has 1 aliphatic heterocycles. The van der Waals surface area contributed by atoms with Gasteiger partial charge in [-0.25, -0.2) is 4.39 Å². The van der Waals surface area contributed by atoms with Crippen LogP contribution in [0.15, 0.2) is 12.1 Å². The second-order valence-corrected chi connectivity index (χ2v) is 5.30. The van der Waals surface area contributed by atoms with Crippen LogP contribution in [0.25, 0.3) is 0 Å². The van der Waals surface area contributed by atoms with E-state index in [-0.39, 0.29) is 11.2 Å². The highest BCUT2D eigenvalue weighted by Gasteiger charge is 2.26. The molecule has 0 saturated carbocycles. The van der Waals surface area contributed by atoms with Crippen molar-refractivity contribution in [2.24, 2.45) is 5.92 Å². The SMILES string of the molecule is Cc1cc(F)cc(C)c1C(Cl)C1CCCOC1. The summed E-state index contributed by atoms with van der Waals surface area (Å²) in [5, 5.41) is -0.0732. The van der Waals surface area contributed by atoms with Gasteiger partial charge in [0.25, 0.3) is 0 Å². The molecule has 2 unspecified atom stereocenters. The molecule has 0 aromatic heterocycles. The largest absolute Gasteiger partial charge is 0.381 e. The van der Waals surface area contributed by atoms with Crippen LogP contribution in [0.3, 0.4) is 0 Å². The molecule has 1 heterocycles. The molecule has 17 heavy (non-hydrogen) atoms. The predicted molar refractivity (Wildman–Crippen MR) is 68.0 cm³/mol. The number of rotatable bonds is 2. The molecule has 3 heteroatoms. The van der Waals surface area contributed by atoms with Gasteiger partial charge in [-0.15, -0.1) is 11.6 Å². The molecule has 2 atom stereocenters. The van der Waals surface area contributed by atoms with Crippen molar-refractivity contribution in [2.45, 2.75) is 32.1 Å². The number of alkyl halides is 1. The minimum Gasteiger partial charge on any atom is -0.381 e. The summed E-state index contributed by atoms with van der Waals surface area (Å²) < 4.78 is 18.7. The standard InChI is InChI=1S/C14H18ClFO/c1-9-6-12(16)7-10(2)13(9)14(15)11-4-3-5-17-8-11/h6-7,11,14H,3-5,8H2,1-2H3. The maximum Gasteiger partial charge on any atom is 0.123 e. The molecule has 1 aliphatic rings. The van der Waals surface area contributed by atoms with Crippen molar-refractivity contribution in [1.29, 1.82) is 0 Å². The molecule has 0 radical (unpaired) electrons. The van der Waals surface area contributed by atoms with Crippen LogP contribution in [0.5, 0.6) is 0 Å². The van der Waals surface area contributed by atoms with Gasteiger partial charge in [-0.1, -0.05) is 0 Å². The third-order valence-electron chi connectivity index (χ3n) is 3.44. The van der Waals surface area contributed by atoms with Crippen LogP contribution in [0.4, 0.5) is 4.39 Å². The first kappa shape index (κ1) is 12.8. The molecule has 1 aromatic carbocycles. The smallest absolute Gasteiger partial charge is 0.123 e. The number of aryl methyl sites for hydroxylation is 2. The van der Waals surface area contributed by atoms with Gasteiger partial charge in [0.2, 0.25) is 0 Å². The lowest BCUT2D eigenvalue weighted by Crippen LogP contribution is -2.22. The van der Waals surface area contributed by atoms with Crippen molar-refractivity contribution < 1.29 is 9.13 Å². The zero-order valence-corrected chi connectivity index (χ0v) is 11.1. The molecule has 1 saturated heterocycles. The van der Waals surface area contributed by atoms with Crippen molar-refractivity contribution in [3.8, 4) is 0 Å². The average Bonchev–Trinajstić information content (AvgIpc) is 2.28. The first-order chi connectivity index (χ1) is 8.09. The van der Waals surface area contributed by atoms with E-state index in [0.29, 0.717) is 12.5 Å². The van der Waals surface area contributed by atoms with Gasteiger partial charge in [0.15, 0.2) is 0 Å². The molecule has 0 N–H and O–H groups in total. The fourth-order valence-electron chi connectivity index (χ4n) is 2.59. The topological polar surface area (TPSA) is 9.23 Å². The van der Waals surface area contributed by atoms with Gasteiger partial charge in [-0.3, -0.25) is 0 Å². The number of ether oxygens (including phenoxy) is 1. The van der Waals surface area contributed by atoms with E-state index in [9.17, 15) is 4.39 Å². The summed E-state index contributed by atoms with van der Waals surface area (Å²) in [4.78, 5) is 0. The van der Waals surface area contributed by atoms with Crippen LogP contribution in [0.2, 0.25) is 0 Å². The van der Waals surface area contributed by atoms with Crippen LogP contribution < -0.4 is 0 Å². The molecule has 1 fully saturated rings. The Kier molecular flexibility index (Phi) is 4.05. The van der Waals surface area contributed by atoms with E-state index in [1.807, 2.05) is 13.8 Å². The van der Waals surface area contributed by atoms with Gasteiger partial charge < -0.3 is 4.74 Å². The first-order valence-corrected chi connectivity index (χ1v) is 6.51. The summed E-state index contributed by atoms with van der Waals surface area (Å²) in [6.07, 6.45) is 2.15. The molecule has 2 rings (SSSR count). The highest BCUT2D eigenvalue weighted by Crippen LogP contribution is 2.37.